The predicted octanol–water partition coefficient (Wildman–Crippen LogP) is 2.99. The van der Waals surface area contributed by atoms with Crippen LogP contribution in [0.1, 0.15) is 5.56 Å². The van der Waals surface area contributed by atoms with Crippen molar-refractivity contribution < 1.29 is 5.11 Å². The maximum atomic E-state index is 10.7. The van der Waals surface area contributed by atoms with Crippen LogP contribution in [0.5, 0.6) is 0 Å². The summed E-state index contributed by atoms with van der Waals surface area (Å²) in [7, 11) is 0. The molecule has 2 nitrogen and oxygen atoms in total. The van der Waals surface area contributed by atoms with Crippen LogP contribution in [-0.4, -0.2) is 17.3 Å². The van der Waals surface area contributed by atoms with Crippen molar-refractivity contribution in [2.75, 3.05) is 0 Å². The van der Waals surface area contributed by atoms with Gasteiger partial charge < -0.3 is 10.4 Å². The van der Waals surface area contributed by atoms with Gasteiger partial charge in [0.2, 0.25) is 0 Å². The predicted molar refractivity (Wildman–Crippen MR) is 86.6 cm³/mol. The number of benzene rings is 1. The fourth-order valence-corrected chi connectivity index (χ4v) is 2.92. The molecule has 0 saturated carbocycles. The fraction of sp³-hybridized carbons (Fsp3) is 0.263. The van der Waals surface area contributed by atoms with Crippen LogP contribution in [-0.2, 0) is 6.54 Å². The third-order valence-electron chi connectivity index (χ3n) is 4.12. The van der Waals surface area contributed by atoms with Crippen molar-refractivity contribution in [2.45, 2.75) is 18.7 Å². The van der Waals surface area contributed by atoms with E-state index in [0.29, 0.717) is 0 Å². The van der Waals surface area contributed by atoms with Gasteiger partial charge in [-0.05, 0) is 5.56 Å². The lowest BCUT2D eigenvalue weighted by Crippen LogP contribution is -2.46. The molecular formula is C19H21NO. The molecule has 2 atom stereocenters. The average molecular weight is 279 g/mol. The zero-order valence-corrected chi connectivity index (χ0v) is 12.0. The molecular weight excluding hydrogens is 258 g/mol. The number of hydrogen-bond acceptors (Lipinski definition) is 2. The molecule has 108 valence electrons. The molecule has 0 radical (unpaired) electrons. The van der Waals surface area contributed by atoms with E-state index in [1.807, 2.05) is 30.4 Å². The summed E-state index contributed by atoms with van der Waals surface area (Å²) in [5, 5.41) is 14.2. The van der Waals surface area contributed by atoms with E-state index >= 15 is 0 Å². The van der Waals surface area contributed by atoms with Crippen molar-refractivity contribution in [2.24, 2.45) is 11.8 Å². The molecule has 2 N–H and O–H groups in total. The van der Waals surface area contributed by atoms with Crippen molar-refractivity contribution in [3.05, 3.63) is 84.5 Å². The van der Waals surface area contributed by atoms with Gasteiger partial charge in [0.05, 0.1) is 6.10 Å². The van der Waals surface area contributed by atoms with E-state index in [4.69, 9.17) is 0 Å². The second-order valence-corrected chi connectivity index (χ2v) is 5.58. The highest BCUT2D eigenvalue weighted by molar-refractivity contribution is 5.25. The molecule has 1 aromatic rings. The van der Waals surface area contributed by atoms with Gasteiger partial charge in [0.15, 0.2) is 0 Å². The lowest BCUT2D eigenvalue weighted by Gasteiger charge is -2.30. The first kappa shape index (κ1) is 14.1. The van der Waals surface area contributed by atoms with E-state index in [9.17, 15) is 5.11 Å². The minimum Gasteiger partial charge on any atom is -0.391 e. The standard InChI is InChI=1S/C19H21NO/c21-19(17-12-6-7-13-17)18(16-10-4-5-11-16)20-14-15-8-2-1-3-9-15/h1-13,16-21H,14H2/t18-,19+/m1/s1. The van der Waals surface area contributed by atoms with E-state index in [-0.39, 0.29) is 17.9 Å². The van der Waals surface area contributed by atoms with Gasteiger partial charge in [0, 0.05) is 24.4 Å². The van der Waals surface area contributed by atoms with Gasteiger partial charge in [-0.25, -0.2) is 0 Å². The molecule has 0 spiro atoms. The first-order chi connectivity index (χ1) is 10.3. The van der Waals surface area contributed by atoms with Crippen LogP contribution in [0, 0.1) is 11.8 Å². The van der Waals surface area contributed by atoms with Gasteiger partial charge >= 0.3 is 0 Å². The average Bonchev–Trinajstić information content (AvgIpc) is 3.22. The van der Waals surface area contributed by atoms with Crippen LogP contribution in [0.2, 0.25) is 0 Å². The highest BCUT2D eigenvalue weighted by Crippen LogP contribution is 2.24. The molecule has 0 bridgehead atoms. The third-order valence-corrected chi connectivity index (χ3v) is 4.12. The van der Waals surface area contributed by atoms with Gasteiger partial charge in [0.25, 0.3) is 0 Å². The fourth-order valence-electron chi connectivity index (χ4n) is 2.92. The lowest BCUT2D eigenvalue weighted by molar-refractivity contribution is 0.0930. The van der Waals surface area contributed by atoms with E-state index in [0.717, 1.165) is 6.54 Å². The number of rotatable bonds is 6. The van der Waals surface area contributed by atoms with Crippen molar-refractivity contribution in [3.63, 3.8) is 0 Å². The Morgan fingerprint density at radius 3 is 2.05 bits per heavy atom. The highest BCUT2D eigenvalue weighted by atomic mass is 16.3. The Bertz CT molecular complexity index is 546. The number of aliphatic hydroxyl groups is 1. The summed E-state index contributed by atoms with van der Waals surface area (Å²) in [6.07, 6.45) is 16.1. The Balaban J connectivity index is 1.70. The summed E-state index contributed by atoms with van der Waals surface area (Å²) in [5.41, 5.74) is 1.23. The SMILES string of the molecule is O[C@@H](C1C=CC=C1)[C@H](NCc1ccccc1)C1C=CC=C1. The summed E-state index contributed by atoms with van der Waals surface area (Å²) in [6.45, 7) is 0.765. The molecule has 0 heterocycles. The zero-order chi connectivity index (χ0) is 14.5. The lowest BCUT2D eigenvalue weighted by atomic mass is 9.88. The maximum absolute atomic E-state index is 10.7. The van der Waals surface area contributed by atoms with Gasteiger partial charge in [0.1, 0.15) is 0 Å². The molecule has 21 heavy (non-hydrogen) atoms. The second kappa shape index (κ2) is 6.70. The maximum Gasteiger partial charge on any atom is 0.0799 e. The van der Waals surface area contributed by atoms with Gasteiger partial charge in [-0.1, -0.05) is 78.9 Å². The molecule has 3 rings (SSSR count). The number of nitrogens with one attached hydrogen (secondary N) is 1. The molecule has 0 amide bonds. The molecule has 2 heteroatoms. The van der Waals surface area contributed by atoms with Gasteiger partial charge in [-0.15, -0.1) is 0 Å². The van der Waals surface area contributed by atoms with Crippen molar-refractivity contribution >= 4 is 0 Å². The number of aliphatic hydroxyl groups excluding tert-OH is 1. The second-order valence-electron chi connectivity index (χ2n) is 5.58. The third kappa shape index (κ3) is 3.41. The molecule has 2 aliphatic rings. The van der Waals surface area contributed by atoms with E-state index < -0.39 is 6.10 Å². The van der Waals surface area contributed by atoms with Crippen LogP contribution in [0.3, 0.4) is 0 Å². The Morgan fingerprint density at radius 2 is 1.43 bits per heavy atom. The number of allylic oxidation sites excluding steroid dienone is 4. The summed E-state index contributed by atoms with van der Waals surface area (Å²) in [5.74, 6) is 0.340. The van der Waals surface area contributed by atoms with Gasteiger partial charge in [-0.3, -0.25) is 0 Å². The van der Waals surface area contributed by atoms with Crippen molar-refractivity contribution in [3.8, 4) is 0 Å². The summed E-state index contributed by atoms with van der Waals surface area (Å²) in [4.78, 5) is 0. The van der Waals surface area contributed by atoms with Gasteiger partial charge in [-0.2, -0.15) is 0 Å². The van der Waals surface area contributed by atoms with E-state index in [2.05, 4.69) is 53.9 Å². The molecule has 1 aromatic carbocycles. The first-order valence-corrected chi connectivity index (χ1v) is 7.50. The number of hydrogen-bond donors (Lipinski definition) is 2. The normalized spacial score (nSPS) is 20.4. The highest BCUT2D eigenvalue weighted by Gasteiger charge is 2.30. The van der Waals surface area contributed by atoms with Crippen molar-refractivity contribution in [1.82, 2.24) is 5.32 Å². The van der Waals surface area contributed by atoms with Crippen LogP contribution < -0.4 is 5.32 Å². The molecule has 0 aromatic heterocycles. The van der Waals surface area contributed by atoms with Crippen LogP contribution in [0.25, 0.3) is 0 Å². The monoisotopic (exact) mass is 279 g/mol. The molecule has 0 unspecified atom stereocenters. The Labute approximate surface area is 126 Å². The summed E-state index contributed by atoms with van der Waals surface area (Å²) in [6, 6.07) is 10.3. The van der Waals surface area contributed by atoms with Crippen LogP contribution in [0.15, 0.2) is 78.9 Å². The Hall–Kier alpha value is -1.90. The quantitative estimate of drug-likeness (QED) is 0.839. The van der Waals surface area contributed by atoms with Crippen LogP contribution >= 0.6 is 0 Å². The smallest absolute Gasteiger partial charge is 0.0799 e. The minimum atomic E-state index is -0.430. The molecule has 0 saturated heterocycles. The zero-order valence-electron chi connectivity index (χ0n) is 12.0. The summed E-state index contributed by atoms with van der Waals surface area (Å²) >= 11 is 0. The van der Waals surface area contributed by atoms with E-state index in [1.165, 1.54) is 5.56 Å². The van der Waals surface area contributed by atoms with E-state index in [1.54, 1.807) is 0 Å². The van der Waals surface area contributed by atoms with Crippen molar-refractivity contribution in [1.29, 1.82) is 0 Å². The first-order valence-electron chi connectivity index (χ1n) is 7.50. The Kier molecular flexibility index (Phi) is 4.49. The summed E-state index contributed by atoms with van der Waals surface area (Å²) < 4.78 is 0. The molecule has 0 aliphatic heterocycles. The minimum absolute atomic E-state index is 0.0117. The molecule has 2 aliphatic carbocycles. The largest absolute Gasteiger partial charge is 0.391 e. The Morgan fingerprint density at radius 1 is 0.857 bits per heavy atom. The molecule has 0 fully saturated rings. The topological polar surface area (TPSA) is 32.3 Å². The van der Waals surface area contributed by atoms with Crippen LogP contribution in [0.4, 0.5) is 0 Å².